The molecule has 1 unspecified atom stereocenters. The van der Waals surface area contributed by atoms with Gasteiger partial charge in [0.05, 0.1) is 19.3 Å². The van der Waals surface area contributed by atoms with Crippen molar-refractivity contribution in [1.29, 1.82) is 0 Å². The molecule has 1 heterocycles. The Hall–Kier alpha value is -0.160. The minimum absolute atomic E-state index is 0.165. The Bertz CT molecular complexity index is 192. The number of hydrogen-bond acceptors (Lipinski definition) is 4. The molecule has 0 aromatic carbocycles. The van der Waals surface area contributed by atoms with Crippen LogP contribution in [-0.4, -0.2) is 63.0 Å². The fourth-order valence-corrected chi connectivity index (χ4v) is 1.75. The Labute approximate surface area is 99.3 Å². The molecule has 1 aliphatic rings. The van der Waals surface area contributed by atoms with Crippen LogP contribution in [0.15, 0.2) is 0 Å². The van der Waals surface area contributed by atoms with Crippen LogP contribution in [0.4, 0.5) is 0 Å². The van der Waals surface area contributed by atoms with Crippen molar-refractivity contribution in [2.24, 2.45) is 0 Å². The first-order valence-corrected chi connectivity index (χ1v) is 6.09. The van der Waals surface area contributed by atoms with Crippen molar-refractivity contribution in [2.45, 2.75) is 32.4 Å². The summed E-state index contributed by atoms with van der Waals surface area (Å²) in [6.07, 6.45) is 0.310. The SMILES string of the molecule is COCCN1CCOC(CNC(C)(C)C)C1. The zero-order valence-corrected chi connectivity index (χ0v) is 11.1. The second-order valence-electron chi connectivity index (χ2n) is 5.42. The van der Waals surface area contributed by atoms with Crippen molar-refractivity contribution in [3.8, 4) is 0 Å². The normalized spacial score (nSPS) is 23.6. The molecular weight excluding hydrogens is 204 g/mol. The van der Waals surface area contributed by atoms with Gasteiger partial charge in [-0.3, -0.25) is 4.90 Å². The molecule has 16 heavy (non-hydrogen) atoms. The molecule has 4 nitrogen and oxygen atoms in total. The Kier molecular flexibility index (Phi) is 5.69. The summed E-state index contributed by atoms with van der Waals surface area (Å²) in [5, 5.41) is 3.49. The van der Waals surface area contributed by atoms with Gasteiger partial charge in [0.2, 0.25) is 0 Å². The number of nitrogens with one attached hydrogen (secondary N) is 1. The third-order valence-electron chi connectivity index (χ3n) is 2.69. The van der Waals surface area contributed by atoms with E-state index in [2.05, 4.69) is 31.0 Å². The highest BCUT2D eigenvalue weighted by molar-refractivity contribution is 4.78. The van der Waals surface area contributed by atoms with Crippen molar-refractivity contribution in [3.05, 3.63) is 0 Å². The van der Waals surface area contributed by atoms with Gasteiger partial charge in [0.15, 0.2) is 0 Å². The van der Waals surface area contributed by atoms with E-state index >= 15 is 0 Å². The van der Waals surface area contributed by atoms with Crippen LogP contribution in [0.1, 0.15) is 20.8 Å². The van der Waals surface area contributed by atoms with Crippen LogP contribution in [0.5, 0.6) is 0 Å². The number of ether oxygens (including phenoxy) is 2. The highest BCUT2D eigenvalue weighted by Crippen LogP contribution is 2.06. The van der Waals surface area contributed by atoms with E-state index in [4.69, 9.17) is 9.47 Å². The zero-order chi connectivity index (χ0) is 12.0. The van der Waals surface area contributed by atoms with Gasteiger partial charge in [-0.25, -0.2) is 0 Å². The molecule has 0 radical (unpaired) electrons. The van der Waals surface area contributed by atoms with E-state index < -0.39 is 0 Å². The summed E-state index contributed by atoms with van der Waals surface area (Å²) >= 11 is 0. The fraction of sp³-hybridized carbons (Fsp3) is 1.00. The van der Waals surface area contributed by atoms with Gasteiger partial charge >= 0.3 is 0 Å². The predicted octanol–water partition coefficient (Wildman–Crippen LogP) is 0.722. The number of morpholine rings is 1. The van der Waals surface area contributed by atoms with Crippen molar-refractivity contribution in [3.63, 3.8) is 0 Å². The second-order valence-corrected chi connectivity index (χ2v) is 5.42. The van der Waals surface area contributed by atoms with E-state index in [9.17, 15) is 0 Å². The number of methoxy groups -OCH3 is 1. The molecule has 1 saturated heterocycles. The van der Waals surface area contributed by atoms with Gasteiger partial charge in [-0.2, -0.15) is 0 Å². The van der Waals surface area contributed by atoms with Crippen molar-refractivity contribution >= 4 is 0 Å². The number of nitrogens with zero attached hydrogens (tertiary/aromatic N) is 1. The van der Waals surface area contributed by atoms with Crippen LogP contribution >= 0.6 is 0 Å². The minimum Gasteiger partial charge on any atom is -0.383 e. The van der Waals surface area contributed by atoms with Gasteiger partial charge in [0, 0.05) is 38.8 Å². The number of rotatable bonds is 5. The molecule has 0 bridgehead atoms. The van der Waals surface area contributed by atoms with Gasteiger partial charge in [0.25, 0.3) is 0 Å². The standard InChI is InChI=1S/C12H26N2O2/c1-12(2,3)13-9-11-10-14(5-7-15-4)6-8-16-11/h11,13H,5-10H2,1-4H3. The Balaban J connectivity index is 2.22. The fourth-order valence-electron chi connectivity index (χ4n) is 1.75. The summed E-state index contributed by atoms with van der Waals surface area (Å²) < 4.78 is 10.8. The molecule has 1 rings (SSSR count). The molecule has 0 saturated carbocycles. The third-order valence-corrected chi connectivity index (χ3v) is 2.69. The van der Waals surface area contributed by atoms with E-state index in [1.165, 1.54) is 0 Å². The molecular formula is C12H26N2O2. The summed E-state index contributed by atoms with van der Waals surface area (Å²) in [6.45, 7) is 12.1. The average Bonchev–Trinajstić information content (AvgIpc) is 2.23. The van der Waals surface area contributed by atoms with Crippen molar-refractivity contribution in [2.75, 3.05) is 46.5 Å². The minimum atomic E-state index is 0.165. The van der Waals surface area contributed by atoms with Gasteiger partial charge < -0.3 is 14.8 Å². The van der Waals surface area contributed by atoms with Crippen LogP contribution in [0, 0.1) is 0 Å². The van der Waals surface area contributed by atoms with Crippen LogP contribution in [-0.2, 0) is 9.47 Å². The smallest absolute Gasteiger partial charge is 0.0826 e. The Morgan fingerprint density at radius 3 is 2.81 bits per heavy atom. The maximum atomic E-state index is 5.74. The maximum Gasteiger partial charge on any atom is 0.0826 e. The van der Waals surface area contributed by atoms with E-state index in [0.29, 0.717) is 6.10 Å². The van der Waals surface area contributed by atoms with Gasteiger partial charge in [-0.1, -0.05) is 0 Å². The summed E-state index contributed by atoms with van der Waals surface area (Å²) in [5.74, 6) is 0. The molecule has 1 atom stereocenters. The summed E-state index contributed by atoms with van der Waals surface area (Å²) in [6, 6.07) is 0. The van der Waals surface area contributed by atoms with Gasteiger partial charge in [-0.05, 0) is 20.8 Å². The lowest BCUT2D eigenvalue weighted by atomic mass is 10.1. The highest BCUT2D eigenvalue weighted by Gasteiger charge is 2.21. The predicted molar refractivity (Wildman–Crippen MR) is 65.8 cm³/mol. The number of hydrogen-bond donors (Lipinski definition) is 1. The first kappa shape index (κ1) is 13.9. The van der Waals surface area contributed by atoms with Gasteiger partial charge in [-0.15, -0.1) is 0 Å². The second kappa shape index (κ2) is 6.55. The lowest BCUT2D eigenvalue weighted by Crippen LogP contribution is -2.50. The molecule has 0 amide bonds. The van der Waals surface area contributed by atoms with Crippen molar-refractivity contribution in [1.82, 2.24) is 10.2 Å². The lowest BCUT2D eigenvalue weighted by molar-refractivity contribution is -0.0348. The molecule has 1 aliphatic heterocycles. The molecule has 96 valence electrons. The molecule has 0 aromatic rings. The molecule has 0 spiro atoms. The first-order chi connectivity index (χ1) is 7.51. The van der Waals surface area contributed by atoms with Crippen LogP contribution < -0.4 is 5.32 Å². The first-order valence-electron chi connectivity index (χ1n) is 6.09. The van der Waals surface area contributed by atoms with Crippen molar-refractivity contribution < 1.29 is 9.47 Å². The quantitative estimate of drug-likeness (QED) is 0.754. The van der Waals surface area contributed by atoms with E-state index in [1.54, 1.807) is 7.11 Å². The van der Waals surface area contributed by atoms with E-state index in [-0.39, 0.29) is 5.54 Å². The topological polar surface area (TPSA) is 33.7 Å². The largest absolute Gasteiger partial charge is 0.383 e. The molecule has 0 aromatic heterocycles. The lowest BCUT2D eigenvalue weighted by Gasteiger charge is -2.34. The Morgan fingerprint density at radius 2 is 2.19 bits per heavy atom. The van der Waals surface area contributed by atoms with Gasteiger partial charge in [0.1, 0.15) is 0 Å². The molecule has 4 heteroatoms. The van der Waals surface area contributed by atoms with Crippen LogP contribution in [0.3, 0.4) is 0 Å². The monoisotopic (exact) mass is 230 g/mol. The molecule has 1 N–H and O–H groups in total. The van der Waals surface area contributed by atoms with E-state index in [1.807, 2.05) is 0 Å². The molecule has 1 fully saturated rings. The summed E-state index contributed by atoms with van der Waals surface area (Å²) in [5.41, 5.74) is 0.165. The zero-order valence-electron chi connectivity index (χ0n) is 11.1. The third kappa shape index (κ3) is 5.80. The average molecular weight is 230 g/mol. The van der Waals surface area contributed by atoms with Crippen LogP contribution in [0.2, 0.25) is 0 Å². The summed E-state index contributed by atoms with van der Waals surface area (Å²) in [4.78, 5) is 2.40. The van der Waals surface area contributed by atoms with E-state index in [0.717, 1.165) is 39.4 Å². The molecule has 0 aliphatic carbocycles. The maximum absolute atomic E-state index is 5.74. The highest BCUT2D eigenvalue weighted by atomic mass is 16.5. The Morgan fingerprint density at radius 1 is 1.44 bits per heavy atom. The van der Waals surface area contributed by atoms with Crippen LogP contribution in [0.25, 0.3) is 0 Å². The summed E-state index contributed by atoms with van der Waals surface area (Å²) in [7, 11) is 1.75.